The number of benzene rings is 1. The summed E-state index contributed by atoms with van der Waals surface area (Å²) in [7, 11) is 0. The van der Waals surface area contributed by atoms with Crippen molar-refractivity contribution in [3.63, 3.8) is 0 Å². The van der Waals surface area contributed by atoms with Gasteiger partial charge in [0.15, 0.2) is 0 Å². The number of aliphatic hydroxyl groups is 1. The Bertz CT molecular complexity index is 304. The van der Waals surface area contributed by atoms with Crippen molar-refractivity contribution in [2.75, 3.05) is 6.54 Å². The molecule has 0 fully saturated rings. The summed E-state index contributed by atoms with van der Waals surface area (Å²) < 4.78 is 14.0. The highest BCUT2D eigenvalue weighted by Crippen LogP contribution is 2.14. The minimum absolute atomic E-state index is 0.238. The molecule has 78 valence electrons. The molecule has 0 aliphatic carbocycles. The predicted octanol–water partition coefficient (Wildman–Crippen LogP) is 2.06. The minimum atomic E-state index is -0.409. The maximum atomic E-state index is 13.2. The van der Waals surface area contributed by atoms with Crippen molar-refractivity contribution in [2.24, 2.45) is 0 Å². The van der Waals surface area contributed by atoms with Gasteiger partial charge in [0.05, 0.1) is 6.10 Å². The number of hydrogen-bond acceptors (Lipinski definition) is 2. The topological polar surface area (TPSA) is 32.3 Å². The van der Waals surface area contributed by atoms with E-state index in [1.54, 1.807) is 19.1 Å². The van der Waals surface area contributed by atoms with E-state index in [0.29, 0.717) is 18.7 Å². The van der Waals surface area contributed by atoms with Crippen molar-refractivity contribution in [1.29, 1.82) is 0 Å². The molecule has 0 amide bonds. The average molecular weight is 262 g/mol. The predicted molar refractivity (Wildman–Crippen MR) is 57.5 cm³/mol. The van der Waals surface area contributed by atoms with Crippen molar-refractivity contribution in [2.45, 2.75) is 19.6 Å². The van der Waals surface area contributed by atoms with Crippen molar-refractivity contribution in [3.8, 4) is 0 Å². The lowest BCUT2D eigenvalue weighted by Gasteiger charge is -2.07. The van der Waals surface area contributed by atoms with E-state index < -0.39 is 6.10 Å². The summed E-state index contributed by atoms with van der Waals surface area (Å²) in [5.41, 5.74) is 0.605. The monoisotopic (exact) mass is 261 g/mol. The summed E-state index contributed by atoms with van der Waals surface area (Å²) in [5.74, 6) is -0.238. The second-order valence-electron chi connectivity index (χ2n) is 3.22. The lowest BCUT2D eigenvalue weighted by atomic mass is 10.2. The van der Waals surface area contributed by atoms with E-state index in [-0.39, 0.29) is 5.82 Å². The molecule has 1 rings (SSSR count). The quantitative estimate of drug-likeness (QED) is 0.870. The second-order valence-corrected chi connectivity index (χ2v) is 4.13. The highest BCUT2D eigenvalue weighted by Gasteiger charge is 2.02. The zero-order chi connectivity index (χ0) is 10.6. The molecule has 0 heterocycles. The van der Waals surface area contributed by atoms with E-state index in [0.717, 1.165) is 4.47 Å². The summed E-state index contributed by atoms with van der Waals surface area (Å²) in [6.45, 7) is 2.59. The number of halogens is 2. The van der Waals surface area contributed by atoms with Gasteiger partial charge in [0.2, 0.25) is 0 Å². The molecular weight excluding hydrogens is 249 g/mol. The third kappa shape index (κ3) is 3.74. The van der Waals surface area contributed by atoms with Gasteiger partial charge in [-0.25, -0.2) is 4.39 Å². The molecule has 1 atom stereocenters. The first-order chi connectivity index (χ1) is 6.59. The number of rotatable bonds is 4. The summed E-state index contributed by atoms with van der Waals surface area (Å²) in [4.78, 5) is 0. The highest BCUT2D eigenvalue weighted by atomic mass is 79.9. The molecule has 0 saturated heterocycles. The van der Waals surface area contributed by atoms with E-state index >= 15 is 0 Å². The van der Waals surface area contributed by atoms with Crippen molar-refractivity contribution in [1.82, 2.24) is 5.32 Å². The molecule has 0 bridgehead atoms. The lowest BCUT2D eigenvalue weighted by Crippen LogP contribution is -2.24. The van der Waals surface area contributed by atoms with Crippen LogP contribution in [-0.4, -0.2) is 17.8 Å². The van der Waals surface area contributed by atoms with Crippen LogP contribution in [0.25, 0.3) is 0 Å². The summed E-state index contributed by atoms with van der Waals surface area (Å²) in [6.07, 6.45) is -0.409. The average Bonchev–Trinajstić information content (AvgIpc) is 2.08. The van der Waals surface area contributed by atoms with Gasteiger partial charge in [0.25, 0.3) is 0 Å². The van der Waals surface area contributed by atoms with Gasteiger partial charge in [-0.2, -0.15) is 0 Å². The van der Waals surface area contributed by atoms with Gasteiger partial charge in [-0.05, 0) is 19.1 Å². The Balaban J connectivity index is 2.51. The van der Waals surface area contributed by atoms with Crippen molar-refractivity contribution in [3.05, 3.63) is 34.1 Å². The van der Waals surface area contributed by atoms with Crippen molar-refractivity contribution >= 4 is 15.9 Å². The summed E-state index contributed by atoms with van der Waals surface area (Å²) in [5, 5.41) is 11.9. The van der Waals surface area contributed by atoms with Gasteiger partial charge >= 0.3 is 0 Å². The maximum Gasteiger partial charge on any atom is 0.128 e. The molecule has 2 nitrogen and oxygen atoms in total. The molecule has 2 N–H and O–H groups in total. The van der Waals surface area contributed by atoms with Gasteiger partial charge in [-0.3, -0.25) is 0 Å². The Hall–Kier alpha value is -0.450. The zero-order valence-electron chi connectivity index (χ0n) is 7.93. The number of aliphatic hydroxyl groups excluding tert-OH is 1. The van der Waals surface area contributed by atoms with Gasteiger partial charge in [-0.15, -0.1) is 0 Å². The fourth-order valence-electron chi connectivity index (χ4n) is 1.08. The van der Waals surface area contributed by atoms with E-state index in [9.17, 15) is 4.39 Å². The zero-order valence-corrected chi connectivity index (χ0v) is 9.51. The molecule has 4 heteroatoms. The molecule has 1 aromatic carbocycles. The second kappa shape index (κ2) is 5.44. The molecule has 0 aliphatic heterocycles. The van der Waals surface area contributed by atoms with Crippen LogP contribution in [0.3, 0.4) is 0 Å². The highest BCUT2D eigenvalue weighted by molar-refractivity contribution is 9.10. The standard InChI is InChI=1S/C10H13BrFNO/c1-7(14)5-13-6-8-2-3-9(11)4-10(8)12/h2-4,7,13-14H,5-6H2,1H3/t7-/m1/s1. The van der Waals surface area contributed by atoms with Crippen LogP contribution in [0, 0.1) is 5.82 Å². The van der Waals surface area contributed by atoms with E-state index in [1.165, 1.54) is 6.07 Å². The molecule has 0 aromatic heterocycles. The molecule has 0 aliphatic rings. The van der Waals surface area contributed by atoms with Crippen LogP contribution >= 0.6 is 15.9 Å². The molecular formula is C10H13BrFNO. The summed E-state index contributed by atoms with van der Waals surface area (Å²) in [6, 6.07) is 4.94. The van der Waals surface area contributed by atoms with Gasteiger partial charge in [-0.1, -0.05) is 22.0 Å². The van der Waals surface area contributed by atoms with Gasteiger partial charge < -0.3 is 10.4 Å². The van der Waals surface area contributed by atoms with Crippen LogP contribution in [0.5, 0.6) is 0 Å². The fraction of sp³-hybridized carbons (Fsp3) is 0.400. The van der Waals surface area contributed by atoms with Crippen LogP contribution < -0.4 is 5.32 Å². The Morgan fingerprint density at radius 3 is 2.86 bits per heavy atom. The fourth-order valence-corrected chi connectivity index (χ4v) is 1.41. The number of nitrogens with one attached hydrogen (secondary N) is 1. The van der Waals surface area contributed by atoms with Gasteiger partial charge in [0.1, 0.15) is 5.82 Å². The van der Waals surface area contributed by atoms with E-state index in [2.05, 4.69) is 21.2 Å². The molecule has 0 saturated carbocycles. The largest absolute Gasteiger partial charge is 0.392 e. The normalized spacial score (nSPS) is 12.9. The Morgan fingerprint density at radius 1 is 1.57 bits per heavy atom. The van der Waals surface area contributed by atoms with Crippen LogP contribution in [0.2, 0.25) is 0 Å². The third-order valence-corrected chi connectivity index (χ3v) is 2.26. The lowest BCUT2D eigenvalue weighted by molar-refractivity contribution is 0.191. The molecule has 0 unspecified atom stereocenters. The molecule has 0 spiro atoms. The van der Waals surface area contributed by atoms with Crippen LogP contribution in [0.4, 0.5) is 4.39 Å². The first-order valence-corrected chi connectivity index (χ1v) is 5.21. The maximum absolute atomic E-state index is 13.2. The first kappa shape index (κ1) is 11.6. The van der Waals surface area contributed by atoms with Crippen LogP contribution in [0.1, 0.15) is 12.5 Å². The number of hydrogen-bond donors (Lipinski definition) is 2. The first-order valence-electron chi connectivity index (χ1n) is 4.42. The summed E-state index contributed by atoms with van der Waals surface area (Å²) >= 11 is 3.19. The van der Waals surface area contributed by atoms with Crippen molar-refractivity contribution < 1.29 is 9.50 Å². The Morgan fingerprint density at radius 2 is 2.29 bits per heavy atom. The minimum Gasteiger partial charge on any atom is -0.392 e. The van der Waals surface area contributed by atoms with E-state index in [4.69, 9.17) is 5.11 Å². The third-order valence-electron chi connectivity index (χ3n) is 1.77. The molecule has 14 heavy (non-hydrogen) atoms. The smallest absolute Gasteiger partial charge is 0.128 e. The molecule has 0 radical (unpaired) electrons. The van der Waals surface area contributed by atoms with Gasteiger partial charge in [0, 0.05) is 23.1 Å². The van der Waals surface area contributed by atoms with Crippen LogP contribution in [-0.2, 0) is 6.54 Å². The Labute approximate surface area is 91.3 Å². The molecule has 1 aromatic rings. The SMILES string of the molecule is C[C@@H](O)CNCc1ccc(Br)cc1F. The van der Waals surface area contributed by atoms with Crippen LogP contribution in [0.15, 0.2) is 22.7 Å². The van der Waals surface area contributed by atoms with E-state index in [1.807, 2.05) is 0 Å². The Kier molecular flexibility index (Phi) is 4.51.